The fourth-order valence-electron chi connectivity index (χ4n) is 1.76. The van der Waals surface area contributed by atoms with Gasteiger partial charge in [-0.1, -0.05) is 19.9 Å². The summed E-state index contributed by atoms with van der Waals surface area (Å²) < 4.78 is 14.1. The van der Waals surface area contributed by atoms with E-state index >= 15 is 0 Å². The number of hydrogen-bond acceptors (Lipinski definition) is 3. The highest BCUT2D eigenvalue weighted by Gasteiger charge is 2.13. The molecular weight excluding hydrogens is 205 g/mol. The third-order valence-electron chi connectivity index (χ3n) is 2.63. The van der Waals surface area contributed by atoms with E-state index in [2.05, 4.69) is 15.3 Å². The Morgan fingerprint density at radius 3 is 2.62 bits per heavy atom. The van der Waals surface area contributed by atoms with Crippen LogP contribution in [0.4, 0.5) is 10.2 Å². The summed E-state index contributed by atoms with van der Waals surface area (Å²) in [6.07, 6.45) is 1.38. The van der Waals surface area contributed by atoms with Crippen molar-refractivity contribution in [3.05, 3.63) is 29.8 Å². The maximum atomic E-state index is 14.1. The van der Waals surface area contributed by atoms with Gasteiger partial charge in [0.05, 0.1) is 0 Å². The summed E-state index contributed by atoms with van der Waals surface area (Å²) in [6, 6.07) is 3.66. The van der Waals surface area contributed by atoms with Crippen molar-refractivity contribution in [1.82, 2.24) is 9.97 Å². The summed E-state index contributed by atoms with van der Waals surface area (Å²) in [7, 11) is 1.76. The van der Waals surface area contributed by atoms with Gasteiger partial charge in [-0.2, -0.15) is 0 Å². The number of rotatable bonds is 2. The number of nitrogens with zero attached hydrogens (tertiary/aromatic N) is 2. The molecule has 1 N–H and O–H groups in total. The lowest BCUT2D eigenvalue weighted by Gasteiger charge is -2.10. The molecule has 0 fully saturated rings. The van der Waals surface area contributed by atoms with E-state index in [9.17, 15) is 4.39 Å². The molecule has 0 radical (unpaired) electrons. The van der Waals surface area contributed by atoms with Crippen LogP contribution in [0.2, 0.25) is 0 Å². The van der Waals surface area contributed by atoms with Crippen LogP contribution in [0.5, 0.6) is 0 Å². The van der Waals surface area contributed by atoms with Crippen LogP contribution in [0.3, 0.4) is 0 Å². The second-order valence-electron chi connectivity index (χ2n) is 3.99. The minimum atomic E-state index is -0.244. The third-order valence-corrected chi connectivity index (χ3v) is 2.63. The van der Waals surface area contributed by atoms with E-state index in [-0.39, 0.29) is 11.7 Å². The smallest absolute Gasteiger partial charge is 0.153 e. The van der Waals surface area contributed by atoms with Crippen LogP contribution in [0, 0.1) is 5.82 Å². The van der Waals surface area contributed by atoms with Crippen molar-refractivity contribution >= 4 is 16.7 Å². The minimum absolute atomic E-state index is 0.150. The Labute approximate surface area is 93.7 Å². The number of nitrogens with one attached hydrogen (secondary N) is 1. The lowest BCUT2D eigenvalue weighted by atomic mass is 10.0. The molecule has 0 saturated heterocycles. The number of anilines is 1. The van der Waals surface area contributed by atoms with Crippen LogP contribution in [0.15, 0.2) is 18.5 Å². The fourth-order valence-corrected chi connectivity index (χ4v) is 1.76. The number of aromatic nitrogens is 2. The molecular formula is C12H14FN3. The van der Waals surface area contributed by atoms with Crippen LogP contribution in [0.1, 0.15) is 25.3 Å². The lowest BCUT2D eigenvalue weighted by Crippen LogP contribution is -1.99. The average molecular weight is 219 g/mol. The first-order chi connectivity index (χ1) is 7.65. The Kier molecular flexibility index (Phi) is 2.73. The van der Waals surface area contributed by atoms with Crippen molar-refractivity contribution in [3.8, 4) is 0 Å². The molecule has 1 aromatic carbocycles. The van der Waals surface area contributed by atoms with Crippen LogP contribution >= 0.6 is 0 Å². The van der Waals surface area contributed by atoms with Gasteiger partial charge in [-0.25, -0.2) is 14.4 Å². The van der Waals surface area contributed by atoms with Gasteiger partial charge in [-0.15, -0.1) is 0 Å². The SMILES string of the molecule is CNc1ncnc2c(F)c(C(C)C)ccc12. The van der Waals surface area contributed by atoms with Crippen LogP contribution in [-0.4, -0.2) is 17.0 Å². The largest absolute Gasteiger partial charge is 0.373 e. The number of halogens is 1. The number of benzene rings is 1. The molecule has 0 aliphatic heterocycles. The predicted octanol–water partition coefficient (Wildman–Crippen LogP) is 2.93. The maximum Gasteiger partial charge on any atom is 0.153 e. The van der Waals surface area contributed by atoms with E-state index < -0.39 is 0 Å². The molecule has 0 unspecified atom stereocenters. The minimum Gasteiger partial charge on any atom is -0.373 e. The van der Waals surface area contributed by atoms with Crippen LogP contribution in [0.25, 0.3) is 10.9 Å². The highest BCUT2D eigenvalue weighted by atomic mass is 19.1. The van der Waals surface area contributed by atoms with Gasteiger partial charge in [0.15, 0.2) is 5.82 Å². The van der Waals surface area contributed by atoms with Gasteiger partial charge in [0.1, 0.15) is 17.7 Å². The Morgan fingerprint density at radius 1 is 1.25 bits per heavy atom. The summed E-state index contributed by atoms with van der Waals surface area (Å²) in [5.41, 5.74) is 1.07. The van der Waals surface area contributed by atoms with Crippen molar-refractivity contribution in [2.75, 3.05) is 12.4 Å². The van der Waals surface area contributed by atoms with E-state index in [1.807, 2.05) is 19.9 Å². The molecule has 3 nitrogen and oxygen atoms in total. The highest BCUT2D eigenvalue weighted by molar-refractivity contribution is 5.89. The van der Waals surface area contributed by atoms with Gasteiger partial charge < -0.3 is 5.32 Å². The van der Waals surface area contributed by atoms with E-state index in [1.54, 1.807) is 13.1 Å². The zero-order chi connectivity index (χ0) is 11.7. The predicted molar refractivity (Wildman–Crippen MR) is 63.1 cm³/mol. The second kappa shape index (κ2) is 4.04. The Balaban J connectivity index is 2.76. The highest BCUT2D eigenvalue weighted by Crippen LogP contribution is 2.27. The van der Waals surface area contributed by atoms with Gasteiger partial charge in [0.2, 0.25) is 0 Å². The van der Waals surface area contributed by atoms with E-state index in [1.165, 1.54) is 6.33 Å². The lowest BCUT2D eigenvalue weighted by molar-refractivity contribution is 0.607. The molecule has 84 valence electrons. The molecule has 0 amide bonds. The topological polar surface area (TPSA) is 37.8 Å². The molecule has 0 aliphatic carbocycles. The van der Waals surface area contributed by atoms with Crippen molar-refractivity contribution in [3.63, 3.8) is 0 Å². The first kappa shape index (κ1) is 10.8. The Hall–Kier alpha value is -1.71. The van der Waals surface area contributed by atoms with Gasteiger partial charge in [-0.05, 0) is 17.5 Å². The summed E-state index contributed by atoms with van der Waals surface area (Å²) in [4.78, 5) is 8.06. The molecule has 2 aromatic rings. The molecule has 0 saturated carbocycles. The van der Waals surface area contributed by atoms with Gasteiger partial charge >= 0.3 is 0 Å². The molecule has 0 spiro atoms. The monoisotopic (exact) mass is 219 g/mol. The van der Waals surface area contributed by atoms with Crippen molar-refractivity contribution in [2.45, 2.75) is 19.8 Å². The van der Waals surface area contributed by atoms with E-state index in [4.69, 9.17) is 0 Å². The molecule has 1 aromatic heterocycles. The van der Waals surface area contributed by atoms with Gasteiger partial charge in [-0.3, -0.25) is 0 Å². The first-order valence-corrected chi connectivity index (χ1v) is 5.26. The fraction of sp³-hybridized carbons (Fsp3) is 0.333. The average Bonchev–Trinajstić information content (AvgIpc) is 2.28. The molecule has 0 atom stereocenters. The zero-order valence-corrected chi connectivity index (χ0v) is 9.58. The molecule has 16 heavy (non-hydrogen) atoms. The normalized spacial score (nSPS) is 11.1. The quantitative estimate of drug-likeness (QED) is 0.843. The van der Waals surface area contributed by atoms with Crippen LogP contribution < -0.4 is 5.32 Å². The Morgan fingerprint density at radius 2 is 2.00 bits per heavy atom. The summed E-state index contributed by atoms with van der Waals surface area (Å²) >= 11 is 0. The summed E-state index contributed by atoms with van der Waals surface area (Å²) in [6.45, 7) is 3.93. The van der Waals surface area contributed by atoms with E-state index in [0.717, 1.165) is 0 Å². The maximum absolute atomic E-state index is 14.1. The summed E-state index contributed by atoms with van der Waals surface area (Å²) in [5, 5.41) is 3.64. The Bertz CT molecular complexity index is 523. The summed E-state index contributed by atoms with van der Waals surface area (Å²) in [5.74, 6) is 0.558. The first-order valence-electron chi connectivity index (χ1n) is 5.26. The van der Waals surface area contributed by atoms with Crippen molar-refractivity contribution in [2.24, 2.45) is 0 Å². The molecule has 2 rings (SSSR count). The standard InChI is InChI=1S/C12H14FN3/c1-7(2)8-4-5-9-11(10(8)13)15-6-16-12(9)14-3/h4-7H,1-3H3,(H,14,15,16). The van der Waals surface area contributed by atoms with Gasteiger partial charge in [0.25, 0.3) is 0 Å². The molecule has 0 aliphatic rings. The number of hydrogen-bond donors (Lipinski definition) is 1. The van der Waals surface area contributed by atoms with Crippen LogP contribution in [-0.2, 0) is 0 Å². The second-order valence-corrected chi connectivity index (χ2v) is 3.99. The molecule has 1 heterocycles. The van der Waals surface area contributed by atoms with Crippen molar-refractivity contribution in [1.29, 1.82) is 0 Å². The van der Waals surface area contributed by atoms with Crippen molar-refractivity contribution < 1.29 is 4.39 Å². The number of fused-ring (bicyclic) bond motifs is 1. The zero-order valence-electron chi connectivity index (χ0n) is 9.58. The molecule has 4 heteroatoms. The van der Waals surface area contributed by atoms with E-state index in [0.29, 0.717) is 22.3 Å². The molecule has 0 bridgehead atoms. The third kappa shape index (κ3) is 1.60. The van der Waals surface area contributed by atoms with Gasteiger partial charge in [0, 0.05) is 12.4 Å².